The smallest absolute Gasteiger partial charge is 0.198 e. The minimum atomic E-state index is -0.240. The van der Waals surface area contributed by atoms with Crippen molar-refractivity contribution in [3.8, 4) is 11.5 Å². The molecule has 0 atom stereocenters. The van der Waals surface area contributed by atoms with E-state index in [2.05, 4.69) is 15.9 Å². The van der Waals surface area contributed by atoms with Crippen molar-refractivity contribution >= 4 is 39.0 Å². The van der Waals surface area contributed by atoms with Gasteiger partial charge in [0.25, 0.3) is 0 Å². The Bertz CT molecular complexity index is 683. The summed E-state index contributed by atoms with van der Waals surface area (Å²) in [6.45, 7) is 0. The van der Waals surface area contributed by atoms with Crippen LogP contribution < -0.4 is 15.2 Å². The van der Waals surface area contributed by atoms with Crippen molar-refractivity contribution in [1.82, 2.24) is 0 Å². The number of hydrogen-bond acceptors (Lipinski definition) is 4. The van der Waals surface area contributed by atoms with Crippen LogP contribution in [0.2, 0.25) is 5.02 Å². The van der Waals surface area contributed by atoms with Gasteiger partial charge in [0.1, 0.15) is 11.5 Å². The second kappa shape index (κ2) is 6.37. The molecule has 2 aromatic rings. The summed E-state index contributed by atoms with van der Waals surface area (Å²) in [5, 5.41) is 0.405. The van der Waals surface area contributed by atoms with Crippen LogP contribution in [0, 0.1) is 0 Å². The van der Waals surface area contributed by atoms with E-state index in [0.717, 1.165) is 0 Å². The lowest BCUT2D eigenvalue weighted by molar-refractivity contribution is 0.103. The Hall–Kier alpha value is -1.72. The van der Waals surface area contributed by atoms with Gasteiger partial charge in [-0.15, -0.1) is 0 Å². The van der Waals surface area contributed by atoms with Crippen LogP contribution in [0.5, 0.6) is 11.5 Å². The number of hydrogen-bond donors (Lipinski definition) is 1. The molecule has 0 amide bonds. The summed E-state index contributed by atoms with van der Waals surface area (Å²) in [7, 11) is 3.03. The first kappa shape index (κ1) is 15.7. The Morgan fingerprint density at radius 2 is 1.86 bits per heavy atom. The zero-order valence-corrected chi connectivity index (χ0v) is 13.8. The number of halogens is 2. The maximum absolute atomic E-state index is 12.7. The van der Waals surface area contributed by atoms with Crippen molar-refractivity contribution in [2.45, 2.75) is 0 Å². The number of nitrogens with two attached hydrogens (primary N) is 1. The minimum Gasteiger partial charge on any atom is -0.497 e. The number of anilines is 1. The van der Waals surface area contributed by atoms with Gasteiger partial charge in [0.05, 0.1) is 19.8 Å². The van der Waals surface area contributed by atoms with Gasteiger partial charge in [-0.2, -0.15) is 0 Å². The molecule has 6 heteroatoms. The highest BCUT2D eigenvalue weighted by Crippen LogP contribution is 2.34. The number of ether oxygens (including phenoxy) is 2. The average Bonchev–Trinajstić information content (AvgIpc) is 2.44. The van der Waals surface area contributed by atoms with Gasteiger partial charge in [0, 0.05) is 26.8 Å². The first-order valence-electron chi connectivity index (χ1n) is 5.98. The van der Waals surface area contributed by atoms with Crippen LogP contribution in [0.15, 0.2) is 34.8 Å². The summed E-state index contributed by atoms with van der Waals surface area (Å²) < 4.78 is 11.0. The van der Waals surface area contributed by atoms with Crippen molar-refractivity contribution in [1.29, 1.82) is 0 Å². The first-order valence-corrected chi connectivity index (χ1v) is 7.15. The fourth-order valence-corrected chi connectivity index (χ4v) is 2.79. The SMILES string of the molecule is COc1cc(Br)c(C(=O)c2cc(N)cc(Cl)c2)c(OC)c1. The minimum absolute atomic E-state index is 0.240. The molecule has 0 saturated heterocycles. The second-order valence-corrected chi connectivity index (χ2v) is 5.58. The maximum Gasteiger partial charge on any atom is 0.198 e. The van der Waals surface area contributed by atoms with Crippen LogP contribution in [0.25, 0.3) is 0 Å². The van der Waals surface area contributed by atoms with Gasteiger partial charge >= 0.3 is 0 Å². The van der Waals surface area contributed by atoms with Crippen LogP contribution in [-0.2, 0) is 0 Å². The Morgan fingerprint density at radius 1 is 1.14 bits per heavy atom. The normalized spacial score (nSPS) is 10.3. The van der Waals surface area contributed by atoms with E-state index in [1.807, 2.05) is 0 Å². The molecular formula is C15H13BrClNO3. The molecule has 2 N–H and O–H groups in total. The molecule has 21 heavy (non-hydrogen) atoms. The van der Waals surface area contributed by atoms with Crippen molar-refractivity contribution in [2.75, 3.05) is 20.0 Å². The number of benzene rings is 2. The molecule has 0 aromatic heterocycles. The highest BCUT2D eigenvalue weighted by Gasteiger charge is 2.20. The van der Waals surface area contributed by atoms with Crippen molar-refractivity contribution in [3.63, 3.8) is 0 Å². The van der Waals surface area contributed by atoms with Crippen molar-refractivity contribution in [3.05, 3.63) is 51.0 Å². The van der Waals surface area contributed by atoms with Gasteiger partial charge in [0.15, 0.2) is 5.78 Å². The molecule has 2 rings (SSSR count). The van der Waals surface area contributed by atoms with Gasteiger partial charge in [-0.25, -0.2) is 0 Å². The van der Waals surface area contributed by atoms with E-state index in [4.69, 9.17) is 26.8 Å². The van der Waals surface area contributed by atoms with E-state index >= 15 is 0 Å². The largest absolute Gasteiger partial charge is 0.497 e. The molecule has 0 saturated carbocycles. The number of rotatable bonds is 4. The van der Waals surface area contributed by atoms with Crippen LogP contribution in [-0.4, -0.2) is 20.0 Å². The molecule has 0 unspecified atom stereocenters. The highest BCUT2D eigenvalue weighted by atomic mass is 79.9. The number of carbonyl (C=O) groups excluding carboxylic acids is 1. The number of ketones is 1. The van der Waals surface area contributed by atoms with E-state index in [0.29, 0.717) is 37.8 Å². The fraction of sp³-hybridized carbons (Fsp3) is 0.133. The molecule has 0 aliphatic carbocycles. The third kappa shape index (κ3) is 3.31. The summed E-state index contributed by atoms with van der Waals surface area (Å²) in [5.41, 5.74) is 6.94. The van der Waals surface area contributed by atoms with Gasteiger partial charge < -0.3 is 15.2 Å². The van der Waals surface area contributed by atoms with Gasteiger partial charge in [-0.3, -0.25) is 4.79 Å². The zero-order valence-electron chi connectivity index (χ0n) is 11.4. The topological polar surface area (TPSA) is 61.5 Å². The van der Waals surface area contributed by atoms with Crippen LogP contribution >= 0.6 is 27.5 Å². The summed E-state index contributed by atoms with van der Waals surface area (Å²) >= 11 is 9.32. The average molecular weight is 371 g/mol. The van der Waals surface area contributed by atoms with E-state index in [1.54, 1.807) is 37.4 Å². The fourth-order valence-electron chi connectivity index (χ4n) is 1.94. The lowest BCUT2D eigenvalue weighted by Crippen LogP contribution is -2.06. The number of methoxy groups -OCH3 is 2. The van der Waals surface area contributed by atoms with E-state index < -0.39 is 0 Å². The molecule has 0 fully saturated rings. The van der Waals surface area contributed by atoms with Crippen LogP contribution in [0.4, 0.5) is 5.69 Å². The predicted octanol–water partition coefficient (Wildman–Crippen LogP) is 3.93. The molecule has 0 radical (unpaired) electrons. The second-order valence-electron chi connectivity index (χ2n) is 4.29. The van der Waals surface area contributed by atoms with Gasteiger partial charge in [-0.1, -0.05) is 11.6 Å². The first-order chi connectivity index (χ1) is 9.96. The monoisotopic (exact) mass is 369 g/mol. The standard InChI is InChI=1S/C15H13BrClNO3/c1-20-11-6-12(16)14(13(7-11)21-2)15(19)8-3-9(17)5-10(18)4-8/h3-7H,18H2,1-2H3. The van der Waals surface area contributed by atoms with E-state index in [1.165, 1.54) is 7.11 Å². The van der Waals surface area contributed by atoms with Gasteiger partial charge in [-0.05, 0) is 40.2 Å². The van der Waals surface area contributed by atoms with Gasteiger partial charge in [0.2, 0.25) is 0 Å². The molecule has 2 aromatic carbocycles. The molecular weight excluding hydrogens is 358 g/mol. The Balaban J connectivity index is 2.57. The summed E-state index contributed by atoms with van der Waals surface area (Å²) in [6, 6.07) is 8.06. The zero-order chi connectivity index (χ0) is 15.6. The molecule has 0 aliphatic rings. The summed E-state index contributed by atoms with van der Waals surface area (Å²) in [6.07, 6.45) is 0. The Kier molecular flexibility index (Phi) is 4.75. The van der Waals surface area contributed by atoms with Crippen LogP contribution in [0.1, 0.15) is 15.9 Å². The summed E-state index contributed by atoms with van der Waals surface area (Å²) in [5.74, 6) is 0.751. The molecule has 4 nitrogen and oxygen atoms in total. The lowest BCUT2D eigenvalue weighted by Gasteiger charge is -2.12. The molecule has 0 spiro atoms. The van der Waals surface area contributed by atoms with E-state index in [9.17, 15) is 4.79 Å². The highest BCUT2D eigenvalue weighted by molar-refractivity contribution is 9.10. The summed E-state index contributed by atoms with van der Waals surface area (Å²) in [4.78, 5) is 12.7. The Morgan fingerprint density at radius 3 is 2.43 bits per heavy atom. The molecule has 0 heterocycles. The third-order valence-corrected chi connectivity index (χ3v) is 3.74. The maximum atomic E-state index is 12.7. The van der Waals surface area contributed by atoms with Crippen LogP contribution in [0.3, 0.4) is 0 Å². The molecule has 0 aliphatic heterocycles. The quantitative estimate of drug-likeness (QED) is 0.654. The third-order valence-electron chi connectivity index (χ3n) is 2.89. The van der Waals surface area contributed by atoms with Crippen molar-refractivity contribution in [2.24, 2.45) is 0 Å². The molecule has 110 valence electrons. The lowest BCUT2D eigenvalue weighted by atomic mass is 10.0. The molecule has 0 bridgehead atoms. The predicted molar refractivity (Wildman–Crippen MR) is 86.5 cm³/mol. The van der Waals surface area contributed by atoms with E-state index in [-0.39, 0.29) is 5.78 Å². The number of carbonyl (C=O) groups is 1. The number of nitrogen functional groups attached to an aromatic ring is 1. The Labute approximate surface area is 135 Å². The van der Waals surface area contributed by atoms with Crippen molar-refractivity contribution < 1.29 is 14.3 Å².